The fraction of sp³-hybridized carbons (Fsp3) is 0.333. The van der Waals surface area contributed by atoms with Crippen LogP contribution in [0.2, 0.25) is 0 Å². The first-order valence-corrected chi connectivity index (χ1v) is 5.99. The van der Waals surface area contributed by atoms with Crippen molar-refractivity contribution in [1.82, 2.24) is 4.90 Å². The molecule has 0 unspecified atom stereocenters. The number of nitrogen functional groups attached to an aromatic ring is 1. The Bertz CT molecular complexity index is 586. The van der Waals surface area contributed by atoms with E-state index in [1.54, 1.807) is 0 Å². The van der Waals surface area contributed by atoms with Crippen molar-refractivity contribution >= 4 is 23.3 Å². The van der Waals surface area contributed by atoms with E-state index in [1.165, 1.54) is 17.0 Å². The molecule has 1 saturated heterocycles. The highest BCUT2D eigenvalue weighted by Crippen LogP contribution is 2.25. The van der Waals surface area contributed by atoms with Crippen LogP contribution in [0.4, 0.5) is 11.4 Å². The Kier molecular flexibility index (Phi) is 3.55. The largest absolute Gasteiger partial charge is 0.480 e. The Morgan fingerprint density at radius 2 is 2.15 bits per heavy atom. The van der Waals surface area contributed by atoms with E-state index >= 15 is 0 Å². The fourth-order valence-corrected chi connectivity index (χ4v) is 2.27. The molecular formula is C12H13N3O5. The van der Waals surface area contributed by atoms with Crippen LogP contribution >= 0.6 is 0 Å². The summed E-state index contributed by atoms with van der Waals surface area (Å²) in [4.78, 5) is 34.6. The van der Waals surface area contributed by atoms with Gasteiger partial charge < -0.3 is 15.7 Å². The first-order valence-electron chi connectivity index (χ1n) is 5.99. The van der Waals surface area contributed by atoms with Crippen molar-refractivity contribution in [1.29, 1.82) is 0 Å². The lowest BCUT2D eigenvalue weighted by Crippen LogP contribution is -2.40. The number of hydrogen-bond acceptors (Lipinski definition) is 5. The van der Waals surface area contributed by atoms with Crippen LogP contribution in [0.1, 0.15) is 23.2 Å². The molecule has 1 aliphatic rings. The molecule has 3 N–H and O–H groups in total. The predicted octanol–water partition coefficient (Wildman–Crippen LogP) is 0.866. The number of nitrogens with two attached hydrogens (primary N) is 1. The normalized spacial score (nSPS) is 18.0. The van der Waals surface area contributed by atoms with Crippen molar-refractivity contribution < 1.29 is 19.6 Å². The Morgan fingerprint density at radius 1 is 1.45 bits per heavy atom. The number of benzene rings is 1. The maximum Gasteiger partial charge on any atom is 0.326 e. The molecule has 1 atom stereocenters. The third-order valence-corrected chi connectivity index (χ3v) is 3.27. The van der Waals surface area contributed by atoms with Gasteiger partial charge in [-0.1, -0.05) is 0 Å². The third-order valence-electron chi connectivity index (χ3n) is 3.27. The number of nitrogens with zero attached hydrogens (tertiary/aromatic N) is 2. The molecule has 0 aliphatic carbocycles. The van der Waals surface area contributed by atoms with Crippen molar-refractivity contribution in [3.8, 4) is 0 Å². The summed E-state index contributed by atoms with van der Waals surface area (Å²) in [5.74, 6) is -1.60. The summed E-state index contributed by atoms with van der Waals surface area (Å²) in [5.41, 5.74) is 5.13. The second kappa shape index (κ2) is 5.16. The second-order valence-corrected chi connectivity index (χ2v) is 4.53. The van der Waals surface area contributed by atoms with E-state index in [0.29, 0.717) is 19.4 Å². The summed E-state index contributed by atoms with van der Waals surface area (Å²) in [6, 6.07) is 2.84. The molecular weight excluding hydrogens is 266 g/mol. The lowest BCUT2D eigenvalue weighted by molar-refractivity contribution is -0.383. The second-order valence-electron chi connectivity index (χ2n) is 4.53. The van der Waals surface area contributed by atoms with Crippen LogP contribution in [-0.2, 0) is 4.79 Å². The quantitative estimate of drug-likeness (QED) is 0.480. The molecule has 2 rings (SSSR count). The topological polar surface area (TPSA) is 127 Å². The lowest BCUT2D eigenvalue weighted by atomic mass is 10.1. The highest BCUT2D eigenvalue weighted by atomic mass is 16.6. The number of aliphatic carboxylic acids is 1. The van der Waals surface area contributed by atoms with E-state index in [-0.39, 0.29) is 16.9 Å². The maximum absolute atomic E-state index is 12.2. The Hall–Kier alpha value is -2.64. The molecule has 0 aromatic heterocycles. The minimum atomic E-state index is -1.07. The molecule has 1 amide bonds. The molecule has 0 radical (unpaired) electrons. The molecule has 20 heavy (non-hydrogen) atoms. The van der Waals surface area contributed by atoms with E-state index in [4.69, 9.17) is 10.8 Å². The molecule has 0 bridgehead atoms. The Morgan fingerprint density at radius 3 is 2.75 bits per heavy atom. The number of nitro groups is 1. The summed E-state index contributed by atoms with van der Waals surface area (Å²) in [7, 11) is 0. The molecule has 0 spiro atoms. The van der Waals surface area contributed by atoms with Crippen molar-refractivity contribution in [2.24, 2.45) is 0 Å². The Labute approximate surface area is 113 Å². The molecule has 1 aromatic rings. The van der Waals surface area contributed by atoms with Gasteiger partial charge in [-0.3, -0.25) is 14.9 Å². The lowest BCUT2D eigenvalue weighted by Gasteiger charge is -2.21. The minimum Gasteiger partial charge on any atom is -0.480 e. The molecule has 0 saturated carbocycles. The van der Waals surface area contributed by atoms with Gasteiger partial charge in [0.05, 0.1) is 4.92 Å². The highest BCUT2D eigenvalue weighted by Gasteiger charge is 2.34. The summed E-state index contributed by atoms with van der Waals surface area (Å²) in [6.45, 7) is 0.327. The average Bonchev–Trinajstić information content (AvgIpc) is 2.87. The van der Waals surface area contributed by atoms with Gasteiger partial charge in [-0.05, 0) is 25.0 Å². The number of rotatable bonds is 3. The van der Waals surface area contributed by atoms with Crippen LogP contribution in [-0.4, -0.2) is 39.4 Å². The maximum atomic E-state index is 12.2. The van der Waals surface area contributed by atoms with Crippen molar-refractivity contribution in [2.75, 3.05) is 12.3 Å². The van der Waals surface area contributed by atoms with Gasteiger partial charge in [0, 0.05) is 18.2 Å². The van der Waals surface area contributed by atoms with E-state index in [1.807, 2.05) is 0 Å². The molecule has 1 heterocycles. The molecule has 1 fully saturated rings. The summed E-state index contributed by atoms with van der Waals surface area (Å²) >= 11 is 0. The molecule has 1 aromatic carbocycles. The van der Waals surface area contributed by atoms with Crippen LogP contribution in [0.3, 0.4) is 0 Å². The number of hydrogen-bond donors (Lipinski definition) is 2. The van der Waals surface area contributed by atoms with Gasteiger partial charge in [0.2, 0.25) is 0 Å². The van der Waals surface area contributed by atoms with Gasteiger partial charge in [0.15, 0.2) is 0 Å². The minimum absolute atomic E-state index is 0.0391. The van der Waals surface area contributed by atoms with Crippen LogP contribution < -0.4 is 5.73 Å². The molecule has 1 aliphatic heterocycles. The number of nitro benzene ring substituents is 1. The van der Waals surface area contributed by atoms with E-state index in [9.17, 15) is 19.7 Å². The monoisotopic (exact) mass is 279 g/mol. The van der Waals surface area contributed by atoms with Crippen LogP contribution in [0, 0.1) is 10.1 Å². The van der Waals surface area contributed by atoms with Gasteiger partial charge in [-0.2, -0.15) is 0 Å². The number of carboxylic acids is 1. The van der Waals surface area contributed by atoms with Crippen molar-refractivity contribution in [3.05, 3.63) is 33.9 Å². The van der Waals surface area contributed by atoms with Gasteiger partial charge in [0.25, 0.3) is 11.6 Å². The fourth-order valence-electron chi connectivity index (χ4n) is 2.27. The molecule has 8 heteroatoms. The number of carbonyl (C=O) groups excluding carboxylic acids is 1. The summed E-state index contributed by atoms with van der Waals surface area (Å²) < 4.78 is 0. The number of likely N-dealkylation sites (tertiary alicyclic amines) is 1. The van der Waals surface area contributed by atoms with Crippen LogP contribution in [0.25, 0.3) is 0 Å². The Balaban J connectivity index is 2.32. The number of anilines is 1. The number of carbonyl (C=O) groups is 2. The van der Waals surface area contributed by atoms with E-state index in [2.05, 4.69) is 0 Å². The van der Waals surface area contributed by atoms with Crippen molar-refractivity contribution in [3.63, 3.8) is 0 Å². The SMILES string of the molecule is Nc1ccc(C(=O)N2CCC[C@@H]2C(=O)O)cc1[N+](=O)[O-]. The number of amides is 1. The van der Waals surface area contributed by atoms with Gasteiger partial charge in [-0.25, -0.2) is 4.79 Å². The smallest absolute Gasteiger partial charge is 0.326 e. The number of carboxylic acid groups (broad SMARTS) is 1. The van der Waals surface area contributed by atoms with E-state index in [0.717, 1.165) is 6.07 Å². The van der Waals surface area contributed by atoms with Crippen LogP contribution in [0.15, 0.2) is 18.2 Å². The zero-order chi connectivity index (χ0) is 14.9. The van der Waals surface area contributed by atoms with Gasteiger partial charge >= 0.3 is 5.97 Å². The first-order chi connectivity index (χ1) is 9.41. The third kappa shape index (κ3) is 2.40. The van der Waals surface area contributed by atoms with Gasteiger partial charge in [-0.15, -0.1) is 0 Å². The molecule has 8 nitrogen and oxygen atoms in total. The summed E-state index contributed by atoms with van der Waals surface area (Å²) in [5, 5.41) is 19.8. The first kappa shape index (κ1) is 13.8. The zero-order valence-corrected chi connectivity index (χ0v) is 10.5. The molecule has 106 valence electrons. The van der Waals surface area contributed by atoms with Gasteiger partial charge in [0.1, 0.15) is 11.7 Å². The highest BCUT2D eigenvalue weighted by molar-refractivity contribution is 5.98. The summed E-state index contributed by atoms with van der Waals surface area (Å²) in [6.07, 6.45) is 0.984. The van der Waals surface area contributed by atoms with E-state index < -0.39 is 22.8 Å². The predicted molar refractivity (Wildman–Crippen MR) is 69.2 cm³/mol. The van der Waals surface area contributed by atoms with Crippen molar-refractivity contribution in [2.45, 2.75) is 18.9 Å². The standard InChI is InChI=1S/C12H13N3O5/c13-8-4-3-7(6-10(8)15(19)20)11(16)14-5-1-2-9(14)12(17)18/h3-4,6,9H,1-2,5,13H2,(H,17,18)/t9-/m1/s1. The van der Waals surface area contributed by atoms with Crippen LogP contribution in [0.5, 0.6) is 0 Å². The average molecular weight is 279 g/mol. The zero-order valence-electron chi connectivity index (χ0n) is 10.5.